The van der Waals surface area contributed by atoms with E-state index >= 15 is 0 Å². The number of hydrogen-bond donors (Lipinski definition) is 1. The van der Waals surface area contributed by atoms with Crippen molar-refractivity contribution in [2.45, 2.75) is 11.8 Å². The highest BCUT2D eigenvalue weighted by molar-refractivity contribution is 7.89. The van der Waals surface area contributed by atoms with Crippen LogP contribution in [0, 0.1) is 6.92 Å². The molecule has 150 valence electrons. The Morgan fingerprint density at radius 2 is 1.71 bits per heavy atom. The number of rotatable bonds is 4. The Morgan fingerprint density at radius 1 is 1.04 bits per heavy atom. The number of anilines is 1. The normalized spacial score (nSPS) is 16.1. The average Bonchev–Trinajstić information content (AvgIpc) is 2.64. The molecule has 0 unspecified atom stereocenters. The quantitative estimate of drug-likeness (QED) is 0.787. The molecule has 1 aliphatic rings. The summed E-state index contributed by atoms with van der Waals surface area (Å²) in [6.45, 7) is 3.95. The van der Waals surface area contributed by atoms with Crippen molar-refractivity contribution in [3.8, 4) is 0 Å². The second-order valence-electron chi connectivity index (χ2n) is 6.76. The molecular formula is C19H21Cl2N3O3S. The van der Waals surface area contributed by atoms with Crippen LogP contribution in [0.15, 0.2) is 41.3 Å². The number of benzene rings is 2. The summed E-state index contributed by atoms with van der Waals surface area (Å²) in [4.78, 5) is 14.9. The zero-order chi connectivity index (χ0) is 20.5. The molecule has 6 nitrogen and oxygen atoms in total. The lowest BCUT2D eigenvalue weighted by molar-refractivity contribution is 0.102. The Balaban J connectivity index is 1.87. The van der Waals surface area contributed by atoms with Crippen LogP contribution in [-0.2, 0) is 10.0 Å². The van der Waals surface area contributed by atoms with Crippen LogP contribution >= 0.6 is 23.2 Å². The van der Waals surface area contributed by atoms with Crippen LogP contribution in [0.5, 0.6) is 0 Å². The van der Waals surface area contributed by atoms with E-state index in [-0.39, 0.29) is 10.5 Å². The van der Waals surface area contributed by atoms with Crippen molar-refractivity contribution < 1.29 is 13.2 Å². The van der Waals surface area contributed by atoms with E-state index in [0.717, 1.165) is 0 Å². The highest BCUT2D eigenvalue weighted by atomic mass is 35.5. The third-order valence-corrected chi connectivity index (χ3v) is 7.18. The second kappa shape index (κ2) is 8.39. The van der Waals surface area contributed by atoms with Crippen molar-refractivity contribution in [3.05, 3.63) is 57.6 Å². The first-order valence-electron chi connectivity index (χ1n) is 8.74. The molecular weight excluding hydrogens is 421 g/mol. The minimum Gasteiger partial charge on any atom is -0.321 e. The monoisotopic (exact) mass is 441 g/mol. The fourth-order valence-corrected chi connectivity index (χ4v) is 4.87. The molecule has 0 saturated carbocycles. The van der Waals surface area contributed by atoms with E-state index in [0.29, 0.717) is 47.5 Å². The molecule has 3 rings (SSSR count). The highest BCUT2D eigenvalue weighted by Crippen LogP contribution is 2.27. The summed E-state index contributed by atoms with van der Waals surface area (Å²) in [5, 5.41) is 3.48. The van der Waals surface area contributed by atoms with E-state index in [1.807, 2.05) is 7.05 Å². The molecule has 1 fully saturated rings. The van der Waals surface area contributed by atoms with Gasteiger partial charge in [0.25, 0.3) is 5.91 Å². The lowest BCUT2D eigenvalue weighted by Gasteiger charge is -2.31. The van der Waals surface area contributed by atoms with E-state index in [1.165, 1.54) is 22.5 Å². The number of sulfonamides is 1. The van der Waals surface area contributed by atoms with Crippen LogP contribution in [0.3, 0.4) is 0 Å². The largest absolute Gasteiger partial charge is 0.321 e. The topological polar surface area (TPSA) is 69.7 Å². The maximum atomic E-state index is 13.0. The van der Waals surface area contributed by atoms with Gasteiger partial charge in [-0.25, -0.2) is 8.42 Å². The molecule has 0 spiro atoms. The zero-order valence-corrected chi connectivity index (χ0v) is 17.9. The predicted octanol–water partition coefficient (Wildman–Crippen LogP) is 3.49. The van der Waals surface area contributed by atoms with Gasteiger partial charge in [0.1, 0.15) is 0 Å². The van der Waals surface area contributed by atoms with Gasteiger partial charge in [0, 0.05) is 36.8 Å². The molecule has 2 aromatic carbocycles. The molecule has 1 N–H and O–H groups in total. The Morgan fingerprint density at radius 3 is 2.36 bits per heavy atom. The zero-order valence-electron chi connectivity index (χ0n) is 15.6. The standard InChI is InChI=1S/C19H21Cl2N3O3S/c1-13-3-5-15(28(26,27)24-9-7-23(2)8-10-24)12-16(13)19(25)22-18-6-4-14(20)11-17(18)21/h3-6,11-12H,7-10H2,1-2H3,(H,22,25). The van der Waals surface area contributed by atoms with Crippen LogP contribution in [0.2, 0.25) is 10.0 Å². The van der Waals surface area contributed by atoms with Gasteiger partial charge in [-0.1, -0.05) is 29.3 Å². The molecule has 0 aliphatic carbocycles. The number of nitrogens with zero attached hydrogens (tertiary/aromatic N) is 2. The van der Waals surface area contributed by atoms with Gasteiger partial charge in [-0.15, -0.1) is 0 Å². The number of piperazine rings is 1. The van der Waals surface area contributed by atoms with Crippen LogP contribution in [0.25, 0.3) is 0 Å². The van der Waals surface area contributed by atoms with Crippen molar-refractivity contribution in [2.24, 2.45) is 0 Å². The summed E-state index contributed by atoms with van der Waals surface area (Å²) in [7, 11) is -1.70. The summed E-state index contributed by atoms with van der Waals surface area (Å²) in [6, 6.07) is 9.34. The molecule has 1 amide bonds. The number of aryl methyl sites for hydroxylation is 1. The maximum Gasteiger partial charge on any atom is 0.256 e. The van der Waals surface area contributed by atoms with Crippen molar-refractivity contribution in [1.29, 1.82) is 0 Å². The molecule has 1 saturated heterocycles. The number of halogens is 2. The molecule has 0 atom stereocenters. The van der Waals surface area contributed by atoms with Crippen LogP contribution < -0.4 is 5.32 Å². The fourth-order valence-electron chi connectivity index (χ4n) is 2.96. The Labute approximate surface area is 175 Å². The van der Waals surface area contributed by atoms with E-state index in [1.54, 1.807) is 25.1 Å². The first-order valence-corrected chi connectivity index (χ1v) is 10.9. The third-order valence-electron chi connectivity index (χ3n) is 4.73. The molecule has 9 heteroatoms. The Kier molecular flexibility index (Phi) is 6.31. The summed E-state index contributed by atoms with van der Waals surface area (Å²) in [5.41, 5.74) is 1.35. The molecule has 1 aliphatic heterocycles. The number of hydrogen-bond acceptors (Lipinski definition) is 4. The van der Waals surface area contributed by atoms with Crippen molar-refractivity contribution in [2.75, 3.05) is 38.5 Å². The summed E-state index contributed by atoms with van der Waals surface area (Å²) in [6.07, 6.45) is 0. The minimum absolute atomic E-state index is 0.106. The molecule has 0 bridgehead atoms. The first kappa shape index (κ1) is 21.1. The van der Waals surface area contributed by atoms with Gasteiger partial charge < -0.3 is 10.2 Å². The van der Waals surface area contributed by atoms with Gasteiger partial charge in [-0.3, -0.25) is 4.79 Å². The first-order chi connectivity index (χ1) is 13.2. The molecule has 1 heterocycles. The van der Waals surface area contributed by atoms with Gasteiger partial charge >= 0.3 is 0 Å². The number of likely N-dealkylation sites (N-methyl/N-ethyl adjacent to an activating group) is 1. The summed E-state index contributed by atoms with van der Waals surface area (Å²) in [5.74, 6) is -0.433. The van der Waals surface area contributed by atoms with Gasteiger partial charge in [0.15, 0.2) is 0 Å². The van der Waals surface area contributed by atoms with E-state index in [4.69, 9.17) is 23.2 Å². The number of carbonyl (C=O) groups excluding carboxylic acids is 1. The van der Waals surface area contributed by atoms with Gasteiger partial charge in [0.05, 0.1) is 15.6 Å². The van der Waals surface area contributed by atoms with Crippen LogP contribution in [0.1, 0.15) is 15.9 Å². The predicted molar refractivity (Wildman–Crippen MR) is 112 cm³/mol. The van der Waals surface area contributed by atoms with E-state index < -0.39 is 15.9 Å². The van der Waals surface area contributed by atoms with Gasteiger partial charge in [0.2, 0.25) is 10.0 Å². The molecule has 2 aromatic rings. The maximum absolute atomic E-state index is 13.0. The van der Waals surface area contributed by atoms with E-state index in [9.17, 15) is 13.2 Å². The van der Waals surface area contributed by atoms with Crippen LogP contribution in [-0.4, -0.2) is 56.8 Å². The van der Waals surface area contributed by atoms with Gasteiger partial charge in [-0.05, 0) is 49.9 Å². The fraction of sp³-hybridized carbons (Fsp3) is 0.316. The van der Waals surface area contributed by atoms with Crippen LogP contribution in [0.4, 0.5) is 5.69 Å². The number of nitrogens with one attached hydrogen (secondary N) is 1. The summed E-state index contributed by atoms with van der Waals surface area (Å²) < 4.78 is 27.4. The second-order valence-corrected chi connectivity index (χ2v) is 9.54. The smallest absolute Gasteiger partial charge is 0.256 e. The third kappa shape index (κ3) is 4.50. The molecule has 28 heavy (non-hydrogen) atoms. The number of amides is 1. The average molecular weight is 442 g/mol. The lowest BCUT2D eigenvalue weighted by atomic mass is 10.1. The SMILES string of the molecule is Cc1ccc(S(=O)(=O)N2CCN(C)CC2)cc1C(=O)Nc1ccc(Cl)cc1Cl. The Bertz CT molecular complexity index is 1000. The van der Waals surface area contributed by atoms with E-state index in [2.05, 4.69) is 10.2 Å². The summed E-state index contributed by atoms with van der Waals surface area (Å²) >= 11 is 12.0. The lowest BCUT2D eigenvalue weighted by Crippen LogP contribution is -2.47. The Hall–Kier alpha value is -1.64. The minimum atomic E-state index is -3.66. The highest BCUT2D eigenvalue weighted by Gasteiger charge is 2.28. The van der Waals surface area contributed by atoms with Gasteiger partial charge in [-0.2, -0.15) is 4.31 Å². The van der Waals surface area contributed by atoms with Crippen molar-refractivity contribution in [3.63, 3.8) is 0 Å². The number of carbonyl (C=O) groups is 1. The molecule has 0 aromatic heterocycles. The van der Waals surface area contributed by atoms with Crippen molar-refractivity contribution in [1.82, 2.24) is 9.21 Å². The molecule has 0 radical (unpaired) electrons. The van der Waals surface area contributed by atoms with Crippen molar-refractivity contribution >= 4 is 44.8 Å².